The molecular weight excluding hydrogens is 158 g/mol. The molecule has 1 heteroatoms. The summed E-state index contributed by atoms with van der Waals surface area (Å²) in [5, 5.41) is 0. The van der Waals surface area contributed by atoms with Crippen molar-refractivity contribution in [3.63, 3.8) is 0 Å². The van der Waals surface area contributed by atoms with Crippen LogP contribution in [0.15, 0.2) is 30.3 Å². The van der Waals surface area contributed by atoms with Crippen LogP contribution < -0.4 is 0 Å². The Balaban J connectivity index is 1.95. The molecule has 1 aromatic rings. The largest absolute Gasteiger partial charge is 0.296 e. The van der Waals surface area contributed by atoms with Gasteiger partial charge in [0.2, 0.25) is 0 Å². The van der Waals surface area contributed by atoms with Gasteiger partial charge in [-0.1, -0.05) is 37.3 Å². The standard InChI is InChI=1S/C12H17N/c1-2-13(12-8-9-12)10-11-6-4-3-5-7-11/h3-7,12H,2,8-10H2,1H3. The zero-order valence-corrected chi connectivity index (χ0v) is 8.24. The molecule has 13 heavy (non-hydrogen) atoms. The summed E-state index contributed by atoms with van der Waals surface area (Å²) >= 11 is 0. The van der Waals surface area contributed by atoms with Crippen LogP contribution in [0.2, 0.25) is 0 Å². The molecule has 0 atom stereocenters. The molecule has 2 rings (SSSR count). The summed E-state index contributed by atoms with van der Waals surface area (Å²) in [6.45, 7) is 4.56. The third-order valence-corrected chi connectivity index (χ3v) is 2.70. The highest BCUT2D eigenvalue weighted by Gasteiger charge is 2.27. The molecule has 0 bridgehead atoms. The second-order valence-corrected chi connectivity index (χ2v) is 3.78. The van der Waals surface area contributed by atoms with Gasteiger partial charge in [0.1, 0.15) is 0 Å². The third-order valence-electron chi connectivity index (χ3n) is 2.70. The van der Waals surface area contributed by atoms with Gasteiger partial charge in [-0.05, 0) is 24.9 Å². The summed E-state index contributed by atoms with van der Waals surface area (Å²) in [6, 6.07) is 11.6. The summed E-state index contributed by atoms with van der Waals surface area (Å²) in [4.78, 5) is 2.56. The van der Waals surface area contributed by atoms with Gasteiger partial charge in [0.25, 0.3) is 0 Å². The zero-order valence-electron chi connectivity index (χ0n) is 8.24. The van der Waals surface area contributed by atoms with Crippen LogP contribution in [0.1, 0.15) is 25.3 Å². The average molecular weight is 175 g/mol. The van der Waals surface area contributed by atoms with Gasteiger partial charge in [-0.25, -0.2) is 0 Å². The van der Waals surface area contributed by atoms with Crippen molar-refractivity contribution in [2.75, 3.05) is 6.54 Å². The summed E-state index contributed by atoms with van der Waals surface area (Å²) in [6.07, 6.45) is 2.81. The molecular formula is C12H17N. The Morgan fingerprint density at radius 1 is 1.23 bits per heavy atom. The first-order valence-corrected chi connectivity index (χ1v) is 5.18. The van der Waals surface area contributed by atoms with Crippen molar-refractivity contribution < 1.29 is 0 Å². The van der Waals surface area contributed by atoms with Crippen LogP contribution in [-0.2, 0) is 6.54 Å². The zero-order chi connectivity index (χ0) is 9.10. The molecule has 1 saturated carbocycles. The number of hydrogen-bond donors (Lipinski definition) is 0. The molecule has 1 aliphatic carbocycles. The maximum absolute atomic E-state index is 2.56. The molecule has 0 unspecified atom stereocenters. The fraction of sp³-hybridized carbons (Fsp3) is 0.500. The minimum Gasteiger partial charge on any atom is -0.296 e. The highest BCUT2D eigenvalue weighted by molar-refractivity contribution is 5.14. The normalized spacial score (nSPS) is 16.5. The van der Waals surface area contributed by atoms with Gasteiger partial charge in [0.15, 0.2) is 0 Å². The minimum atomic E-state index is 0.880. The van der Waals surface area contributed by atoms with Crippen LogP contribution in [0.5, 0.6) is 0 Å². The Bertz CT molecular complexity index is 251. The van der Waals surface area contributed by atoms with E-state index in [4.69, 9.17) is 0 Å². The Labute approximate surface area is 80.4 Å². The van der Waals surface area contributed by atoms with Crippen molar-refractivity contribution in [1.82, 2.24) is 4.90 Å². The molecule has 0 spiro atoms. The second kappa shape index (κ2) is 3.93. The van der Waals surface area contributed by atoms with E-state index in [1.54, 1.807) is 0 Å². The Morgan fingerprint density at radius 3 is 2.46 bits per heavy atom. The fourth-order valence-electron chi connectivity index (χ4n) is 1.76. The lowest BCUT2D eigenvalue weighted by Crippen LogP contribution is -2.24. The summed E-state index contributed by atoms with van der Waals surface area (Å²) in [7, 11) is 0. The van der Waals surface area contributed by atoms with Gasteiger partial charge in [-0.3, -0.25) is 4.90 Å². The molecule has 0 radical (unpaired) electrons. The van der Waals surface area contributed by atoms with E-state index < -0.39 is 0 Å². The lowest BCUT2D eigenvalue weighted by molar-refractivity contribution is 0.269. The van der Waals surface area contributed by atoms with Crippen LogP contribution in [0, 0.1) is 0 Å². The summed E-state index contributed by atoms with van der Waals surface area (Å²) in [5.41, 5.74) is 1.44. The lowest BCUT2D eigenvalue weighted by Gasteiger charge is -2.19. The van der Waals surface area contributed by atoms with Crippen molar-refractivity contribution >= 4 is 0 Å². The predicted octanol–water partition coefficient (Wildman–Crippen LogP) is 2.67. The van der Waals surface area contributed by atoms with E-state index in [1.165, 1.54) is 24.9 Å². The van der Waals surface area contributed by atoms with Crippen LogP contribution >= 0.6 is 0 Å². The van der Waals surface area contributed by atoms with Gasteiger partial charge in [0, 0.05) is 12.6 Å². The fourth-order valence-corrected chi connectivity index (χ4v) is 1.76. The molecule has 0 aromatic heterocycles. The molecule has 0 heterocycles. The molecule has 1 aliphatic rings. The topological polar surface area (TPSA) is 3.24 Å². The Morgan fingerprint density at radius 2 is 1.92 bits per heavy atom. The predicted molar refractivity (Wildman–Crippen MR) is 55.5 cm³/mol. The van der Waals surface area contributed by atoms with Crippen LogP contribution in [-0.4, -0.2) is 17.5 Å². The second-order valence-electron chi connectivity index (χ2n) is 3.78. The van der Waals surface area contributed by atoms with Gasteiger partial charge < -0.3 is 0 Å². The molecule has 0 N–H and O–H groups in total. The number of benzene rings is 1. The monoisotopic (exact) mass is 175 g/mol. The van der Waals surface area contributed by atoms with E-state index in [0.29, 0.717) is 0 Å². The molecule has 1 fully saturated rings. The minimum absolute atomic E-state index is 0.880. The van der Waals surface area contributed by atoms with Crippen molar-refractivity contribution in [2.24, 2.45) is 0 Å². The van der Waals surface area contributed by atoms with Gasteiger partial charge in [-0.2, -0.15) is 0 Å². The SMILES string of the molecule is CCN(Cc1ccccc1)C1CC1. The first-order valence-electron chi connectivity index (χ1n) is 5.18. The van der Waals surface area contributed by atoms with Crippen molar-refractivity contribution in [2.45, 2.75) is 32.4 Å². The third kappa shape index (κ3) is 2.31. The maximum atomic E-state index is 2.56. The Hall–Kier alpha value is -0.820. The molecule has 1 nitrogen and oxygen atoms in total. The van der Waals surface area contributed by atoms with E-state index in [0.717, 1.165) is 12.6 Å². The van der Waals surface area contributed by atoms with Crippen LogP contribution in [0.25, 0.3) is 0 Å². The van der Waals surface area contributed by atoms with Gasteiger partial charge >= 0.3 is 0 Å². The highest BCUT2D eigenvalue weighted by atomic mass is 15.2. The van der Waals surface area contributed by atoms with E-state index in [9.17, 15) is 0 Å². The summed E-state index contributed by atoms with van der Waals surface area (Å²) in [5.74, 6) is 0. The lowest BCUT2D eigenvalue weighted by atomic mass is 10.2. The van der Waals surface area contributed by atoms with Gasteiger partial charge in [-0.15, -0.1) is 0 Å². The van der Waals surface area contributed by atoms with E-state index in [2.05, 4.69) is 42.2 Å². The number of nitrogens with zero attached hydrogens (tertiary/aromatic N) is 1. The smallest absolute Gasteiger partial charge is 0.0236 e. The molecule has 1 aromatic carbocycles. The quantitative estimate of drug-likeness (QED) is 0.680. The van der Waals surface area contributed by atoms with Crippen LogP contribution in [0.4, 0.5) is 0 Å². The number of hydrogen-bond acceptors (Lipinski definition) is 1. The number of rotatable bonds is 4. The highest BCUT2D eigenvalue weighted by Crippen LogP contribution is 2.27. The van der Waals surface area contributed by atoms with E-state index in [1.807, 2.05) is 0 Å². The van der Waals surface area contributed by atoms with E-state index in [-0.39, 0.29) is 0 Å². The van der Waals surface area contributed by atoms with Gasteiger partial charge in [0.05, 0.1) is 0 Å². The first kappa shape index (κ1) is 8.76. The van der Waals surface area contributed by atoms with Crippen molar-refractivity contribution in [3.05, 3.63) is 35.9 Å². The van der Waals surface area contributed by atoms with E-state index >= 15 is 0 Å². The van der Waals surface area contributed by atoms with Crippen molar-refractivity contribution in [1.29, 1.82) is 0 Å². The molecule has 0 amide bonds. The average Bonchev–Trinajstić information content (AvgIpc) is 2.99. The molecule has 70 valence electrons. The molecule has 0 saturated heterocycles. The van der Waals surface area contributed by atoms with Crippen molar-refractivity contribution in [3.8, 4) is 0 Å². The maximum Gasteiger partial charge on any atom is 0.0236 e. The van der Waals surface area contributed by atoms with Crippen LogP contribution in [0.3, 0.4) is 0 Å². The Kier molecular flexibility index (Phi) is 2.65. The summed E-state index contributed by atoms with van der Waals surface area (Å²) < 4.78 is 0. The molecule has 0 aliphatic heterocycles. The first-order chi connectivity index (χ1) is 6.40.